The van der Waals surface area contributed by atoms with Crippen LogP contribution < -0.4 is 5.56 Å². The molecule has 0 unspecified atom stereocenters. The van der Waals surface area contributed by atoms with E-state index in [9.17, 15) is 4.79 Å². The zero-order chi connectivity index (χ0) is 13.1. The highest BCUT2D eigenvalue weighted by Crippen LogP contribution is 2.13. The van der Waals surface area contributed by atoms with Crippen LogP contribution in [0.15, 0.2) is 10.2 Å². The van der Waals surface area contributed by atoms with Gasteiger partial charge >= 0.3 is 0 Å². The van der Waals surface area contributed by atoms with E-state index >= 15 is 0 Å². The Hall–Kier alpha value is -0.760. The first-order valence-corrected chi connectivity index (χ1v) is 7.74. The van der Waals surface area contributed by atoms with Crippen molar-refractivity contribution in [1.29, 1.82) is 0 Å². The minimum Gasteiger partial charge on any atom is -0.309 e. The molecule has 0 saturated heterocycles. The summed E-state index contributed by atoms with van der Waals surface area (Å²) in [5.74, 6) is 0.707. The average Bonchev–Trinajstić information content (AvgIpc) is 2.71. The van der Waals surface area contributed by atoms with Gasteiger partial charge in [0, 0.05) is 11.1 Å². The molecule has 96 valence electrons. The summed E-state index contributed by atoms with van der Waals surface area (Å²) in [6.07, 6.45) is 2.43. The molecule has 0 atom stereocenters. The quantitative estimate of drug-likeness (QED) is 0.836. The lowest BCUT2D eigenvalue weighted by atomic mass is 10.2. The normalized spacial score (nSPS) is 10.8. The third-order valence-electron chi connectivity index (χ3n) is 2.45. The number of hydrogen-bond donors (Lipinski definition) is 1. The summed E-state index contributed by atoms with van der Waals surface area (Å²) < 4.78 is 0.702. The van der Waals surface area contributed by atoms with Gasteiger partial charge in [-0.2, -0.15) is 0 Å². The molecule has 6 heteroatoms. The van der Waals surface area contributed by atoms with E-state index in [1.165, 1.54) is 0 Å². The van der Waals surface area contributed by atoms with E-state index in [4.69, 9.17) is 0 Å². The van der Waals surface area contributed by atoms with Gasteiger partial charge in [-0.3, -0.25) is 4.79 Å². The number of thiazole rings is 1. The Bertz CT molecular complexity index is 606. The number of aryl methyl sites for hydroxylation is 2. The molecule has 0 spiro atoms. The van der Waals surface area contributed by atoms with Crippen LogP contribution in [-0.4, -0.2) is 15.0 Å². The molecule has 0 saturated carbocycles. The van der Waals surface area contributed by atoms with Crippen molar-refractivity contribution in [2.75, 3.05) is 0 Å². The molecule has 2 aromatic heterocycles. The SMILES string of the molecule is CCCc1nc(Cc2nc(C)cs2)[nH]c(=O)c1I. The molecule has 0 amide bonds. The third kappa shape index (κ3) is 3.17. The first-order chi connectivity index (χ1) is 8.60. The van der Waals surface area contributed by atoms with E-state index in [1.54, 1.807) is 11.3 Å². The molecule has 4 nitrogen and oxygen atoms in total. The number of nitrogens with one attached hydrogen (secondary N) is 1. The lowest BCUT2D eigenvalue weighted by Gasteiger charge is -2.04. The van der Waals surface area contributed by atoms with Crippen molar-refractivity contribution in [3.63, 3.8) is 0 Å². The zero-order valence-corrected chi connectivity index (χ0v) is 13.3. The number of aromatic nitrogens is 3. The van der Waals surface area contributed by atoms with Crippen molar-refractivity contribution >= 4 is 33.9 Å². The molecule has 0 bridgehead atoms. The van der Waals surface area contributed by atoms with E-state index in [0.717, 1.165) is 29.2 Å². The van der Waals surface area contributed by atoms with Crippen molar-refractivity contribution in [2.45, 2.75) is 33.1 Å². The van der Waals surface area contributed by atoms with Gasteiger partial charge in [0.15, 0.2) is 0 Å². The first kappa shape index (κ1) is 13.7. The molecule has 0 radical (unpaired) electrons. The number of nitrogens with zero attached hydrogens (tertiary/aromatic N) is 2. The van der Waals surface area contributed by atoms with Crippen molar-refractivity contribution in [2.24, 2.45) is 0 Å². The summed E-state index contributed by atoms with van der Waals surface area (Å²) in [4.78, 5) is 23.6. The Balaban J connectivity index is 2.31. The van der Waals surface area contributed by atoms with Crippen molar-refractivity contribution in [1.82, 2.24) is 15.0 Å². The van der Waals surface area contributed by atoms with Crippen LogP contribution in [0.3, 0.4) is 0 Å². The van der Waals surface area contributed by atoms with E-state index in [2.05, 4.69) is 44.5 Å². The number of H-pyrrole nitrogens is 1. The third-order valence-corrected chi connectivity index (χ3v) is 4.53. The maximum absolute atomic E-state index is 11.8. The molecule has 0 fully saturated rings. The van der Waals surface area contributed by atoms with Crippen LogP contribution in [0.2, 0.25) is 0 Å². The van der Waals surface area contributed by atoms with Crippen molar-refractivity contribution < 1.29 is 0 Å². The van der Waals surface area contributed by atoms with Gasteiger partial charge in [0.05, 0.1) is 15.7 Å². The number of rotatable bonds is 4. The largest absolute Gasteiger partial charge is 0.309 e. The van der Waals surface area contributed by atoms with Gasteiger partial charge in [0.2, 0.25) is 0 Å². The van der Waals surface area contributed by atoms with Gasteiger partial charge in [0.25, 0.3) is 5.56 Å². The molecule has 2 aromatic rings. The Labute approximate surface area is 123 Å². The van der Waals surface area contributed by atoms with Crippen LogP contribution in [0, 0.1) is 10.5 Å². The number of halogens is 1. The summed E-state index contributed by atoms with van der Waals surface area (Å²) in [6, 6.07) is 0. The van der Waals surface area contributed by atoms with E-state index in [1.807, 2.05) is 12.3 Å². The van der Waals surface area contributed by atoms with Crippen molar-refractivity contribution in [3.8, 4) is 0 Å². The van der Waals surface area contributed by atoms with Crippen LogP contribution in [0.1, 0.15) is 35.6 Å². The summed E-state index contributed by atoms with van der Waals surface area (Å²) >= 11 is 3.66. The zero-order valence-electron chi connectivity index (χ0n) is 10.3. The highest BCUT2D eigenvalue weighted by atomic mass is 127. The van der Waals surface area contributed by atoms with Crippen LogP contribution in [0.5, 0.6) is 0 Å². The number of hydrogen-bond acceptors (Lipinski definition) is 4. The monoisotopic (exact) mass is 375 g/mol. The minimum atomic E-state index is -0.0441. The summed E-state index contributed by atoms with van der Waals surface area (Å²) in [6.45, 7) is 4.05. The summed E-state index contributed by atoms with van der Waals surface area (Å²) in [5, 5.41) is 2.99. The van der Waals surface area contributed by atoms with Crippen LogP contribution in [-0.2, 0) is 12.8 Å². The average molecular weight is 375 g/mol. The number of aromatic amines is 1. The fourth-order valence-corrected chi connectivity index (χ4v) is 2.97. The molecule has 2 rings (SSSR count). The molecular weight excluding hydrogens is 361 g/mol. The first-order valence-electron chi connectivity index (χ1n) is 5.78. The molecular formula is C12H14IN3OS. The van der Waals surface area contributed by atoms with Gasteiger partial charge in [-0.05, 0) is 35.9 Å². The van der Waals surface area contributed by atoms with Gasteiger partial charge < -0.3 is 4.98 Å². The molecule has 0 aliphatic rings. The van der Waals surface area contributed by atoms with Gasteiger partial charge in [-0.15, -0.1) is 11.3 Å². The second-order valence-corrected chi connectivity index (χ2v) is 6.10. The summed E-state index contributed by atoms with van der Waals surface area (Å²) in [7, 11) is 0. The predicted molar refractivity (Wildman–Crippen MR) is 81.2 cm³/mol. The molecule has 0 aliphatic carbocycles. The highest BCUT2D eigenvalue weighted by Gasteiger charge is 2.10. The summed E-state index contributed by atoms with van der Waals surface area (Å²) in [5.41, 5.74) is 1.86. The lowest BCUT2D eigenvalue weighted by molar-refractivity contribution is 0.820. The van der Waals surface area contributed by atoms with Gasteiger partial charge in [-0.1, -0.05) is 13.3 Å². The second kappa shape index (κ2) is 5.92. The minimum absolute atomic E-state index is 0.0441. The Morgan fingerprint density at radius 1 is 1.44 bits per heavy atom. The molecule has 1 N–H and O–H groups in total. The van der Waals surface area contributed by atoms with Crippen LogP contribution in [0.25, 0.3) is 0 Å². The Morgan fingerprint density at radius 3 is 2.83 bits per heavy atom. The van der Waals surface area contributed by atoms with E-state index in [-0.39, 0.29) is 5.56 Å². The van der Waals surface area contributed by atoms with Crippen molar-refractivity contribution in [3.05, 3.63) is 41.5 Å². The standard InChI is InChI=1S/C12H14IN3OS/c1-3-4-8-11(13)12(17)16-9(15-8)5-10-14-7(2)6-18-10/h6H,3-5H2,1-2H3,(H,15,16,17). The molecule has 18 heavy (non-hydrogen) atoms. The molecule has 0 aromatic carbocycles. The highest BCUT2D eigenvalue weighted by molar-refractivity contribution is 14.1. The fourth-order valence-electron chi connectivity index (χ4n) is 1.67. The molecule has 2 heterocycles. The van der Waals surface area contributed by atoms with Gasteiger partial charge in [0.1, 0.15) is 10.8 Å². The smallest absolute Gasteiger partial charge is 0.264 e. The maximum atomic E-state index is 11.8. The second-order valence-electron chi connectivity index (χ2n) is 4.08. The van der Waals surface area contributed by atoms with E-state index < -0.39 is 0 Å². The maximum Gasteiger partial charge on any atom is 0.264 e. The Morgan fingerprint density at radius 2 is 2.22 bits per heavy atom. The Kier molecular flexibility index (Phi) is 4.50. The van der Waals surface area contributed by atoms with Gasteiger partial charge in [-0.25, -0.2) is 9.97 Å². The van der Waals surface area contributed by atoms with Crippen LogP contribution >= 0.6 is 33.9 Å². The topological polar surface area (TPSA) is 58.6 Å². The fraction of sp³-hybridized carbons (Fsp3) is 0.417. The molecule has 0 aliphatic heterocycles. The lowest BCUT2D eigenvalue weighted by Crippen LogP contribution is -2.18. The van der Waals surface area contributed by atoms with E-state index in [0.29, 0.717) is 15.8 Å². The van der Waals surface area contributed by atoms with Crippen LogP contribution in [0.4, 0.5) is 0 Å². The predicted octanol–water partition coefficient (Wildman–Crippen LogP) is 2.68.